The Morgan fingerprint density at radius 3 is 2.73 bits per heavy atom. The fourth-order valence-corrected chi connectivity index (χ4v) is 1.32. The molecule has 62 valence electrons. The molecule has 0 spiro atoms. The van der Waals surface area contributed by atoms with Crippen molar-refractivity contribution in [3.63, 3.8) is 0 Å². The Balaban J connectivity index is 2.20. The second kappa shape index (κ2) is 4.32. The van der Waals surface area contributed by atoms with Crippen molar-refractivity contribution < 1.29 is 0 Å². The molecule has 0 radical (unpaired) electrons. The molecule has 1 aliphatic rings. The van der Waals surface area contributed by atoms with Gasteiger partial charge in [0.1, 0.15) is 0 Å². The highest BCUT2D eigenvalue weighted by atomic mass is 15.2. The number of nitrogens with zero attached hydrogens (tertiary/aromatic N) is 2. The maximum absolute atomic E-state index is 8.57. The van der Waals surface area contributed by atoms with E-state index in [0.717, 1.165) is 32.7 Å². The second-order valence-corrected chi connectivity index (χ2v) is 3.08. The third-order valence-electron chi connectivity index (χ3n) is 1.96. The molecule has 0 bridgehead atoms. The lowest BCUT2D eigenvalue weighted by Crippen LogP contribution is -2.44. The van der Waals surface area contributed by atoms with Crippen LogP contribution in [0.4, 0.5) is 0 Å². The van der Waals surface area contributed by atoms with Gasteiger partial charge in [0, 0.05) is 32.7 Å². The summed E-state index contributed by atoms with van der Waals surface area (Å²) >= 11 is 0. The van der Waals surface area contributed by atoms with Gasteiger partial charge in [-0.3, -0.25) is 4.90 Å². The molecule has 11 heavy (non-hydrogen) atoms. The number of nitrogens with one attached hydrogen (secondary N) is 1. The average Bonchev–Trinajstić information content (AvgIpc) is 2.06. The van der Waals surface area contributed by atoms with Gasteiger partial charge in [0.25, 0.3) is 0 Å². The van der Waals surface area contributed by atoms with Crippen LogP contribution in [0.5, 0.6) is 0 Å². The number of nitriles is 1. The summed E-state index contributed by atoms with van der Waals surface area (Å²) in [7, 11) is 0. The second-order valence-electron chi connectivity index (χ2n) is 3.08. The summed E-state index contributed by atoms with van der Waals surface area (Å²) in [6, 6.07) is 2.25. The van der Waals surface area contributed by atoms with Gasteiger partial charge in [-0.05, 0) is 6.92 Å². The van der Waals surface area contributed by atoms with Crippen LogP contribution in [-0.4, -0.2) is 37.6 Å². The monoisotopic (exact) mass is 153 g/mol. The van der Waals surface area contributed by atoms with Gasteiger partial charge in [0.05, 0.1) is 12.0 Å². The summed E-state index contributed by atoms with van der Waals surface area (Å²) < 4.78 is 0. The molecule has 1 heterocycles. The molecule has 0 aliphatic carbocycles. The molecule has 1 aliphatic heterocycles. The predicted octanol–water partition coefficient (Wildman–Crippen LogP) is 0.0513. The predicted molar refractivity (Wildman–Crippen MR) is 44.1 cm³/mol. The van der Waals surface area contributed by atoms with E-state index in [1.165, 1.54) is 0 Å². The molecular formula is C8H15N3. The topological polar surface area (TPSA) is 39.1 Å². The van der Waals surface area contributed by atoms with Crippen LogP contribution in [0.3, 0.4) is 0 Å². The minimum Gasteiger partial charge on any atom is -0.314 e. The molecule has 1 atom stereocenters. The van der Waals surface area contributed by atoms with Gasteiger partial charge in [-0.15, -0.1) is 0 Å². The molecule has 3 nitrogen and oxygen atoms in total. The normalized spacial score (nSPS) is 22.5. The van der Waals surface area contributed by atoms with Crippen LogP contribution in [0.2, 0.25) is 0 Å². The zero-order valence-corrected chi connectivity index (χ0v) is 7.01. The van der Waals surface area contributed by atoms with Gasteiger partial charge < -0.3 is 5.32 Å². The number of rotatable bonds is 2. The Morgan fingerprint density at radius 2 is 2.18 bits per heavy atom. The van der Waals surface area contributed by atoms with E-state index in [0.29, 0.717) is 0 Å². The first-order chi connectivity index (χ1) is 5.33. The van der Waals surface area contributed by atoms with Crippen molar-refractivity contribution in [3.05, 3.63) is 0 Å². The Kier molecular flexibility index (Phi) is 3.34. The summed E-state index contributed by atoms with van der Waals surface area (Å²) in [6.07, 6.45) is 0. The largest absolute Gasteiger partial charge is 0.314 e. The molecule has 1 saturated heterocycles. The lowest BCUT2D eigenvalue weighted by molar-refractivity contribution is 0.226. The van der Waals surface area contributed by atoms with Crippen LogP contribution < -0.4 is 5.32 Å². The molecular weight excluding hydrogens is 138 g/mol. The third-order valence-corrected chi connectivity index (χ3v) is 1.96. The van der Waals surface area contributed by atoms with Crippen LogP contribution in [0.25, 0.3) is 0 Å². The SMILES string of the molecule is C[C@H](C#N)CN1CCNCC1. The van der Waals surface area contributed by atoms with Crippen molar-refractivity contribution in [2.24, 2.45) is 5.92 Å². The minimum absolute atomic E-state index is 0.174. The lowest BCUT2D eigenvalue weighted by atomic mass is 10.2. The molecule has 0 aromatic heterocycles. The zero-order chi connectivity index (χ0) is 8.10. The minimum atomic E-state index is 0.174. The van der Waals surface area contributed by atoms with Gasteiger partial charge >= 0.3 is 0 Å². The van der Waals surface area contributed by atoms with Gasteiger partial charge in [-0.1, -0.05) is 0 Å². The van der Waals surface area contributed by atoms with Crippen LogP contribution in [0.15, 0.2) is 0 Å². The molecule has 1 rings (SSSR count). The molecule has 0 aromatic rings. The van der Waals surface area contributed by atoms with Crippen molar-refractivity contribution in [2.45, 2.75) is 6.92 Å². The lowest BCUT2D eigenvalue weighted by Gasteiger charge is -2.27. The highest BCUT2D eigenvalue weighted by molar-refractivity contribution is 4.82. The van der Waals surface area contributed by atoms with Crippen molar-refractivity contribution >= 4 is 0 Å². The summed E-state index contributed by atoms with van der Waals surface area (Å²) in [6.45, 7) is 7.22. The average molecular weight is 153 g/mol. The van der Waals surface area contributed by atoms with E-state index in [4.69, 9.17) is 5.26 Å². The quantitative estimate of drug-likeness (QED) is 0.609. The first-order valence-corrected chi connectivity index (χ1v) is 4.15. The molecule has 1 fully saturated rings. The van der Waals surface area contributed by atoms with E-state index >= 15 is 0 Å². The van der Waals surface area contributed by atoms with E-state index in [9.17, 15) is 0 Å². The molecule has 0 amide bonds. The first kappa shape index (κ1) is 8.51. The zero-order valence-electron chi connectivity index (χ0n) is 7.01. The van der Waals surface area contributed by atoms with Crippen LogP contribution in [0, 0.1) is 17.2 Å². The Bertz CT molecular complexity index is 144. The Morgan fingerprint density at radius 1 is 1.55 bits per heavy atom. The number of piperazine rings is 1. The summed E-state index contributed by atoms with van der Waals surface area (Å²) in [5.41, 5.74) is 0. The van der Waals surface area contributed by atoms with E-state index in [-0.39, 0.29) is 5.92 Å². The molecule has 1 N–H and O–H groups in total. The van der Waals surface area contributed by atoms with Crippen LogP contribution in [-0.2, 0) is 0 Å². The number of hydrogen-bond donors (Lipinski definition) is 1. The highest BCUT2D eigenvalue weighted by Crippen LogP contribution is 1.99. The maximum atomic E-state index is 8.57. The van der Waals surface area contributed by atoms with Gasteiger partial charge in [-0.2, -0.15) is 5.26 Å². The smallest absolute Gasteiger partial charge is 0.0666 e. The summed E-state index contributed by atoms with van der Waals surface area (Å²) in [5.74, 6) is 0.174. The number of hydrogen-bond acceptors (Lipinski definition) is 3. The molecule has 0 unspecified atom stereocenters. The van der Waals surface area contributed by atoms with Crippen molar-refractivity contribution in [1.29, 1.82) is 5.26 Å². The van der Waals surface area contributed by atoms with E-state index in [1.807, 2.05) is 6.92 Å². The fraction of sp³-hybridized carbons (Fsp3) is 0.875. The Hall–Kier alpha value is -0.590. The first-order valence-electron chi connectivity index (χ1n) is 4.15. The van der Waals surface area contributed by atoms with Gasteiger partial charge in [-0.25, -0.2) is 0 Å². The van der Waals surface area contributed by atoms with Crippen molar-refractivity contribution in [3.8, 4) is 6.07 Å². The van der Waals surface area contributed by atoms with Crippen LogP contribution >= 0.6 is 0 Å². The summed E-state index contributed by atoms with van der Waals surface area (Å²) in [4.78, 5) is 2.34. The van der Waals surface area contributed by atoms with E-state index in [2.05, 4.69) is 16.3 Å². The van der Waals surface area contributed by atoms with Crippen LogP contribution in [0.1, 0.15) is 6.92 Å². The van der Waals surface area contributed by atoms with E-state index in [1.54, 1.807) is 0 Å². The highest BCUT2D eigenvalue weighted by Gasteiger charge is 2.11. The van der Waals surface area contributed by atoms with Crippen molar-refractivity contribution in [2.75, 3.05) is 32.7 Å². The maximum Gasteiger partial charge on any atom is 0.0666 e. The Labute approximate surface area is 68.0 Å². The summed E-state index contributed by atoms with van der Waals surface area (Å²) in [5, 5.41) is 11.9. The standard InChI is InChI=1S/C8H15N3/c1-8(6-9)7-11-4-2-10-3-5-11/h8,10H,2-5,7H2,1H3/t8-/m1/s1. The van der Waals surface area contributed by atoms with Gasteiger partial charge in [0.15, 0.2) is 0 Å². The van der Waals surface area contributed by atoms with Gasteiger partial charge in [0.2, 0.25) is 0 Å². The van der Waals surface area contributed by atoms with E-state index < -0.39 is 0 Å². The van der Waals surface area contributed by atoms with Crippen molar-refractivity contribution in [1.82, 2.24) is 10.2 Å². The fourth-order valence-electron chi connectivity index (χ4n) is 1.32. The third kappa shape index (κ3) is 2.87. The molecule has 0 saturated carbocycles. The molecule has 3 heteroatoms. The molecule has 0 aromatic carbocycles.